The van der Waals surface area contributed by atoms with Crippen molar-refractivity contribution in [3.05, 3.63) is 29.8 Å². The lowest BCUT2D eigenvalue weighted by Gasteiger charge is -2.05. The van der Waals surface area contributed by atoms with Crippen molar-refractivity contribution < 1.29 is 8.42 Å². The highest BCUT2D eigenvalue weighted by Gasteiger charge is 2.20. The maximum absolute atomic E-state index is 11.5. The van der Waals surface area contributed by atoms with Crippen molar-refractivity contribution in [3.63, 3.8) is 0 Å². The first kappa shape index (κ1) is 10.5. The largest absolute Gasteiger partial charge is 0.222 e. The normalized spacial score (nSPS) is 14.1. The molecular formula is C9H11ClO2S. The van der Waals surface area contributed by atoms with Crippen molar-refractivity contribution >= 4 is 21.4 Å². The minimum atomic E-state index is -3.33. The maximum Gasteiger partial charge on any atom is 0.194 e. The first-order valence-electron chi connectivity index (χ1n) is 3.89. The second kappa shape index (κ2) is 3.68. The van der Waals surface area contributed by atoms with Gasteiger partial charge in [0, 0.05) is 0 Å². The molecule has 0 bridgehead atoms. The minimum Gasteiger partial charge on any atom is -0.222 e. The first-order chi connectivity index (χ1) is 5.94. The first-order valence-corrected chi connectivity index (χ1v) is 5.87. The van der Waals surface area contributed by atoms with E-state index >= 15 is 0 Å². The number of hydrogen-bond acceptors (Lipinski definition) is 2. The van der Waals surface area contributed by atoms with Crippen LogP contribution in [0.4, 0.5) is 0 Å². The van der Waals surface area contributed by atoms with Gasteiger partial charge in [-0.15, -0.1) is 11.6 Å². The third-order valence-electron chi connectivity index (χ3n) is 1.78. The Morgan fingerprint density at radius 2 is 1.69 bits per heavy atom. The number of hydrogen-bond donors (Lipinski definition) is 0. The molecule has 0 saturated carbocycles. The molecule has 0 radical (unpaired) electrons. The Bertz CT molecular complexity index is 379. The number of halogens is 1. The standard InChI is InChI=1S/C9H11ClO2S/c1-7-3-5-9(6-4-7)13(11,12)8(2)10/h3-6,8H,1-2H3. The Morgan fingerprint density at radius 1 is 1.23 bits per heavy atom. The molecule has 0 heterocycles. The Kier molecular flexibility index (Phi) is 2.98. The number of rotatable bonds is 2. The second-order valence-electron chi connectivity index (χ2n) is 2.90. The van der Waals surface area contributed by atoms with Gasteiger partial charge in [-0.1, -0.05) is 17.7 Å². The average Bonchev–Trinajstić information content (AvgIpc) is 2.04. The lowest BCUT2D eigenvalue weighted by Crippen LogP contribution is -2.11. The highest BCUT2D eigenvalue weighted by atomic mass is 35.5. The highest BCUT2D eigenvalue weighted by molar-refractivity contribution is 7.93. The molecule has 1 rings (SSSR count). The van der Waals surface area contributed by atoms with Crippen molar-refractivity contribution in [1.82, 2.24) is 0 Å². The van der Waals surface area contributed by atoms with Crippen LogP contribution in [-0.2, 0) is 9.84 Å². The third-order valence-corrected chi connectivity index (χ3v) is 4.27. The van der Waals surface area contributed by atoms with Gasteiger partial charge in [-0.25, -0.2) is 8.42 Å². The van der Waals surface area contributed by atoms with E-state index in [2.05, 4.69) is 0 Å². The summed E-state index contributed by atoms with van der Waals surface area (Å²) >= 11 is 5.56. The van der Waals surface area contributed by atoms with Crippen molar-refractivity contribution in [2.75, 3.05) is 0 Å². The van der Waals surface area contributed by atoms with Crippen LogP contribution < -0.4 is 0 Å². The van der Waals surface area contributed by atoms with Gasteiger partial charge in [0.15, 0.2) is 9.84 Å². The van der Waals surface area contributed by atoms with Crippen LogP contribution >= 0.6 is 11.6 Å². The van der Waals surface area contributed by atoms with Crippen molar-refractivity contribution in [2.45, 2.75) is 23.5 Å². The van der Waals surface area contributed by atoms with Crippen LogP contribution in [0.3, 0.4) is 0 Å². The summed E-state index contributed by atoms with van der Waals surface area (Å²) in [5, 5.41) is 0. The number of sulfone groups is 1. The van der Waals surface area contributed by atoms with E-state index in [1.807, 2.05) is 6.92 Å². The third kappa shape index (κ3) is 2.23. The molecule has 0 saturated heterocycles. The fourth-order valence-corrected chi connectivity index (χ4v) is 2.11. The molecule has 1 aromatic carbocycles. The van der Waals surface area contributed by atoms with E-state index in [-0.39, 0.29) is 4.90 Å². The van der Waals surface area contributed by atoms with Crippen LogP contribution in [0.1, 0.15) is 12.5 Å². The van der Waals surface area contributed by atoms with Gasteiger partial charge in [0.05, 0.1) is 4.90 Å². The molecule has 4 heteroatoms. The van der Waals surface area contributed by atoms with Gasteiger partial charge < -0.3 is 0 Å². The van der Waals surface area contributed by atoms with E-state index in [4.69, 9.17) is 11.6 Å². The van der Waals surface area contributed by atoms with E-state index in [9.17, 15) is 8.42 Å². The van der Waals surface area contributed by atoms with Crippen LogP contribution in [0.15, 0.2) is 29.2 Å². The molecule has 13 heavy (non-hydrogen) atoms. The zero-order valence-electron chi connectivity index (χ0n) is 7.49. The van der Waals surface area contributed by atoms with E-state index in [1.165, 1.54) is 6.92 Å². The maximum atomic E-state index is 11.5. The smallest absolute Gasteiger partial charge is 0.194 e. The van der Waals surface area contributed by atoms with Crippen LogP contribution in [0.25, 0.3) is 0 Å². The summed E-state index contributed by atoms with van der Waals surface area (Å²) in [6.07, 6.45) is 0. The molecule has 0 aromatic heterocycles. The molecule has 1 atom stereocenters. The summed E-state index contributed by atoms with van der Waals surface area (Å²) in [5.74, 6) is 0. The van der Waals surface area contributed by atoms with Gasteiger partial charge in [0.1, 0.15) is 4.71 Å². The lowest BCUT2D eigenvalue weighted by atomic mass is 10.2. The van der Waals surface area contributed by atoms with E-state index < -0.39 is 14.5 Å². The Balaban J connectivity index is 3.17. The quantitative estimate of drug-likeness (QED) is 0.715. The van der Waals surface area contributed by atoms with Gasteiger partial charge in [-0.3, -0.25) is 0 Å². The Hall–Kier alpha value is -0.540. The van der Waals surface area contributed by atoms with Gasteiger partial charge >= 0.3 is 0 Å². The molecule has 0 amide bonds. The molecule has 0 N–H and O–H groups in total. The van der Waals surface area contributed by atoms with Crippen LogP contribution in [-0.4, -0.2) is 13.1 Å². The molecule has 1 aromatic rings. The van der Waals surface area contributed by atoms with Crippen molar-refractivity contribution in [1.29, 1.82) is 0 Å². The summed E-state index contributed by atoms with van der Waals surface area (Å²) in [6.45, 7) is 3.36. The van der Waals surface area contributed by atoms with Crippen LogP contribution in [0, 0.1) is 6.92 Å². The van der Waals surface area contributed by atoms with Crippen LogP contribution in [0.2, 0.25) is 0 Å². The minimum absolute atomic E-state index is 0.278. The molecule has 0 aliphatic carbocycles. The molecule has 0 aliphatic heterocycles. The molecule has 1 unspecified atom stereocenters. The molecule has 2 nitrogen and oxygen atoms in total. The summed E-state index contributed by atoms with van der Waals surface area (Å²) in [5.41, 5.74) is 1.03. The number of benzene rings is 1. The van der Waals surface area contributed by atoms with Crippen molar-refractivity contribution in [3.8, 4) is 0 Å². The zero-order chi connectivity index (χ0) is 10.1. The van der Waals surface area contributed by atoms with E-state index in [0.29, 0.717) is 0 Å². The summed E-state index contributed by atoms with van der Waals surface area (Å²) in [6, 6.07) is 6.66. The Morgan fingerprint density at radius 3 is 2.08 bits per heavy atom. The van der Waals surface area contributed by atoms with E-state index in [0.717, 1.165) is 5.56 Å². The SMILES string of the molecule is Cc1ccc(S(=O)(=O)C(C)Cl)cc1. The summed E-state index contributed by atoms with van der Waals surface area (Å²) in [7, 11) is -3.33. The van der Waals surface area contributed by atoms with Gasteiger partial charge in [-0.05, 0) is 26.0 Å². The Labute approximate surface area is 83.5 Å². The van der Waals surface area contributed by atoms with Gasteiger partial charge in [-0.2, -0.15) is 0 Å². The van der Waals surface area contributed by atoms with Gasteiger partial charge in [0.2, 0.25) is 0 Å². The topological polar surface area (TPSA) is 34.1 Å². The second-order valence-corrected chi connectivity index (χ2v) is 6.08. The zero-order valence-corrected chi connectivity index (χ0v) is 9.06. The molecule has 72 valence electrons. The monoisotopic (exact) mass is 218 g/mol. The van der Waals surface area contributed by atoms with E-state index in [1.54, 1.807) is 24.3 Å². The predicted octanol–water partition coefficient (Wildman–Crippen LogP) is 2.35. The number of aryl methyl sites for hydroxylation is 1. The highest BCUT2D eigenvalue weighted by Crippen LogP contribution is 2.18. The number of alkyl halides is 1. The predicted molar refractivity (Wildman–Crippen MR) is 53.7 cm³/mol. The molecule has 0 fully saturated rings. The van der Waals surface area contributed by atoms with Crippen LogP contribution in [0.5, 0.6) is 0 Å². The fraction of sp³-hybridized carbons (Fsp3) is 0.333. The van der Waals surface area contributed by atoms with Crippen molar-refractivity contribution in [2.24, 2.45) is 0 Å². The molecule has 0 aliphatic rings. The summed E-state index contributed by atoms with van der Waals surface area (Å²) in [4.78, 5) is 0.278. The average molecular weight is 219 g/mol. The molecular weight excluding hydrogens is 208 g/mol. The van der Waals surface area contributed by atoms with Gasteiger partial charge in [0.25, 0.3) is 0 Å². The lowest BCUT2D eigenvalue weighted by molar-refractivity contribution is 0.594. The summed E-state index contributed by atoms with van der Waals surface area (Å²) < 4.78 is 22.1. The fourth-order valence-electron chi connectivity index (χ4n) is 0.915. The molecule has 0 spiro atoms.